The van der Waals surface area contributed by atoms with Crippen LogP contribution in [0.2, 0.25) is 0 Å². The summed E-state index contributed by atoms with van der Waals surface area (Å²) in [4.78, 5) is 26.1. The minimum absolute atomic E-state index is 0.175. The van der Waals surface area contributed by atoms with E-state index in [4.69, 9.17) is 4.74 Å². The van der Waals surface area contributed by atoms with Crippen LogP contribution in [0.25, 0.3) is 0 Å². The molecule has 5 heteroatoms. The van der Waals surface area contributed by atoms with Crippen LogP contribution in [0.5, 0.6) is 5.75 Å². The summed E-state index contributed by atoms with van der Waals surface area (Å²) in [7, 11) is 1.56. The molecule has 118 valence electrons. The number of anilines is 2. The predicted octanol–water partition coefficient (Wildman–Crippen LogP) is 2.61. The van der Waals surface area contributed by atoms with E-state index in [0.29, 0.717) is 18.0 Å². The number of nitrogens with zero attached hydrogens (tertiary/aromatic N) is 1. The molecule has 0 aromatic heterocycles. The van der Waals surface area contributed by atoms with Crippen molar-refractivity contribution < 1.29 is 14.3 Å². The van der Waals surface area contributed by atoms with Crippen LogP contribution in [0.3, 0.4) is 0 Å². The SMILES string of the molecule is COc1cccc(NC(=O)CC(=O)N2CCc3ccccc32)c1. The van der Waals surface area contributed by atoms with Crippen LogP contribution < -0.4 is 15.0 Å². The zero-order chi connectivity index (χ0) is 16.2. The molecule has 1 N–H and O–H groups in total. The molecule has 1 aliphatic rings. The number of benzene rings is 2. The smallest absolute Gasteiger partial charge is 0.236 e. The molecule has 2 aromatic rings. The second kappa shape index (κ2) is 6.52. The maximum Gasteiger partial charge on any atom is 0.236 e. The van der Waals surface area contributed by atoms with Gasteiger partial charge in [-0.05, 0) is 30.2 Å². The molecule has 2 aromatic carbocycles. The second-order valence-corrected chi connectivity index (χ2v) is 5.38. The normalized spacial score (nSPS) is 12.7. The number of hydrogen-bond acceptors (Lipinski definition) is 3. The van der Waals surface area contributed by atoms with Crippen LogP contribution >= 0.6 is 0 Å². The Labute approximate surface area is 134 Å². The lowest BCUT2D eigenvalue weighted by Crippen LogP contribution is -2.32. The van der Waals surface area contributed by atoms with E-state index in [2.05, 4.69) is 5.32 Å². The largest absolute Gasteiger partial charge is 0.497 e. The fraction of sp³-hybridized carbons (Fsp3) is 0.222. The summed E-state index contributed by atoms with van der Waals surface area (Å²) in [6.07, 6.45) is 0.658. The van der Waals surface area contributed by atoms with E-state index in [0.717, 1.165) is 17.7 Å². The van der Waals surface area contributed by atoms with Crippen LogP contribution in [0.15, 0.2) is 48.5 Å². The molecular weight excluding hydrogens is 292 g/mol. The quantitative estimate of drug-likeness (QED) is 0.883. The molecule has 0 fully saturated rings. The third-order valence-electron chi connectivity index (χ3n) is 3.85. The lowest BCUT2D eigenvalue weighted by molar-refractivity contribution is -0.125. The van der Waals surface area contributed by atoms with Gasteiger partial charge >= 0.3 is 0 Å². The van der Waals surface area contributed by atoms with Crippen LogP contribution in [0.1, 0.15) is 12.0 Å². The second-order valence-electron chi connectivity index (χ2n) is 5.38. The molecule has 1 aliphatic heterocycles. The van der Waals surface area contributed by atoms with Crippen LogP contribution in [0.4, 0.5) is 11.4 Å². The number of ether oxygens (including phenoxy) is 1. The van der Waals surface area contributed by atoms with E-state index in [1.54, 1.807) is 36.3 Å². The van der Waals surface area contributed by atoms with Gasteiger partial charge in [0, 0.05) is 24.0 Å². The van der Waals surface area contributed by atoms with Crippen molar-refractivity contribution in [3.63, 3.8) is 0 Å². The summed E-state index contributed by atoms with van der Waals surface area (Å²) < 4.78 is 5.11. The Kier molecular flexibility index (Phi) is 4.28. The maximum atomic E-state index is 12.4. The number of carbonyl (C=O) groups is 2. The van der Waals surface area contributed by atoms with Gasteiger partial charge in [0.2, 0.25) is 11.8 Å². The topological polar surface area (TPSA) is 58.6 Å². The fourth-order valence-corrected chi connectivity index (χ4v) is 2.74. The standard InChI is InChI=1S/C18H18N2O3/c1-23-15-7-4-6-14(11-15)19-17(21)12-18(22)20-10-9-13-5-2-3-8-16(13)20/h2-8,11H,9-10,12H2,1H3,(H,19,21). The van der Waals surface area contributed by atoms with Crippen LogP contribution in [0, 0.1) is 0 Å². The van der Waals surface area contributed by atoms with Gasteiger partial charge < -0.3 is 15.0 Å². The Morgan fingerprint density at radius 2 is 2.00 bits per heavy atom. The average molecular weight is 310 g/mol. The first-order chi connectivity index (χ1) is 11.2. The molecule has 0 radical (unpaired) electrons. The highest BCUT2D eigenvalue weighted by atomic mass is 16.5. The van der Waals surface area contributed by atoms with Crippen molar-refractivity contribution in [1.29, 1.82) is 0 Å². The highest BCUT2D eigenvalue weighted by molar-refractivity contribution is 6.09. The molecule has 0 spiro atoms. The zero-order valence-electron chi connectivity index (χ0n) is 12.9. The molecule has 0 aliphatic carbocycles. The maximum absolute atomic E-state index is 12.4. The van der Waals surface area contributed by atoms with Gasteiger partial charge in [0.05, 0.1) is 7.11 Å². The number of carbonyl (C=O) groups excluding carboxylic acids is 2. The van der Waals surface area contributed by atoms with E-state index in [1.165, 1.54) is 0 Å². The lowest BCUT2D eigenvalue weighted by Gasteiger charge is -2.17. The Morgan fingerprint density at radius 3 is 2.83 bits per heavy atom. The Balaban J connectivity index is 1.63. The fourth-order valence-electron chi connectivity index (χ4n) is 2.74. The van der Waals surface area contributed by atoms with Crippen molar-refractivity contribution in [1.82, 2.24) is 0 Å². The molecular formula is C18H18N2O3. The van der Waals surface area contributed by atoms with Crippen molar-refractivity contribution >= 4 is 23.2 Å². The number of fused-ring (bicyclic) bond motifs is 1. The summed E-state index contributed by atoms with van der Waals surface area (Å²) in [5.74, 6) is 0.144. The summed E-state index contributed by atoms with van der Waals surface area (Å²) in [5, 5.41) is 2.73. The molecule has 0 bridgehead atoms. The third-order valence-corrected chi connectivity index (χ3v) is 3.85. The highest BCUT2D eigenvalue weighted by Gasteiger charge is 2.25. The van der Waals surface area contributed by atoms with Crippen molar-refractivity contribution in [2.75, 3.05) is 23.9 Å². The van der Waals surface area contributed by atoms with Gasteiger partial charge in [-0.2, -0.15) is 0 Å². The van der Waals surface area contributed by atoms with Crippen molar-refractivity contribution in [2.45, 2.75) is 12.8 Å². The molecule has 1 heterocycles. The van der Waals surface area contributed by atoms with Crippen LogP contribution in [-0.4, -0.2) is 25.5 Å². The van der Waals surface area contributed by atoms with Gasteiger partial charge in [-0.3, -0.25) is 9.59 Å². The first kappa shape index (κ1) is 15.1. The van der Waals surface area contributed by atoms with E-state index >= 15 is 0 Å². The summed E-state index contributed by atoms with van der Waals surface area (Å²) in [5.41, 5.74) is 2.67. The van der Waals surface area contributed by atoms with Gasteiger partial charge in [0.1, 0.15) is 12.2 Å². The minimum atomic E-state index is -0.326. The number of rotatable bonds is 4. The van der Waals surface area contributed by atoms with E-state index in [1.807, 2.05) is 24.3 Å². The number of hydrogen-bond donors (Lipinski definition) is 1. The van der Waals surface area contributed by atoms with E-state index in [-0.39, 0.29) is 18.2 Å². The minimum Gasteiger partial charge on any atom is -0.497 e. The van der Waals surface area contributed by atoms with Gasteiger partial charge in [-0.15, -0.1) is 0 Å². The van der Waals surface area contributed by atoms with Gasteiger partial charge in [0.15, 0.2) is 0 Å². The molecule has 2 amide bonds. The van der Waals surface area contributed by atoms with E-state index in [9.17, 15) is 9.59 Å². The first-order valence-corrected chi connectivity index (χ1v) is 7.49. The van der Waals surface area contributed by atoms with Gasteiger partial charge in [0.25, 0.3) is 0 Å². The van der Waals surface area contributed by atoms with Gasteiger partial charge in [-0.1, -0.05) is 24.3 Å². The Morgan fingerprint density at radius 1 is 1.17 bits per heavy atom. The molecule has 0 atom stereocenters. The predicted molar refractivity (Wildman–Crippen MR) is 88.7 cm³/mol. The third kappa shape index (κ3) is 3.34. The Bertz CT molecular complexity index is 743. The number of methoxy groups -OCH3 is 1. The van der Waals surface area contributed by atoms with Crippen molar-refractivity contribution in [2.24, 2.45) is 0 Å². The van der Waals surface area contributed by atoms with Crippen LogP contribution in [-0.2, 0) is 16.0 Å². The molecule has 0 unspecified atom stereocenters. The monoisotopic (exact) mass is 310 g/mol. The Hall–Kier alpha value is -2.82. The number of para-hydroxylation sites is 1. The number of nitrogens with one attached hydrogen (secondary N) is 1. The zero-order valence-corrected chi connectivity index (χ0v) is 12.9. The molecule has 5 nitrogen and oxygen atoms in total. The lowest BCUT2D eigenvalue weighted by atomic mass is 10.2. The number of amides is 2. The highest BCUT2D eigenvalue weighted by Crippen LogP contribution is 2.28. The van der Waals surface area contributed by atoms with Crippen molar-refractivity contribution in [3.05, 3.63) is 54.1 Å². The molecule has 23 heavy (non-hydrogen) atoms. The molecule has 0 saturated heterocycles. The first-order valence-electron chi connectivity index (χ1n) is 7.49. The average Bonchev–Trinajstić information content (AvgIpc) is 2.99. The summed E-state index contributed by atoms with van der Waals surface area (Å²) >= 11 is 0. The summed E-state index contributed by atoms with van der Waals surface area (Å²) in [6, 6.07) is 14.8. The summed E-state index contributed by atoms with van der Waals surface area (Å²) in [6.45, 7) is 0.630. The van der Waals surface area contributed by atoms with Crippen molar-refractivity contribution in [3.8, 4) is 5.75 Å². The van der Waals surface area contributed by atoms with Gasteiger partial charge in [-0.25, -0.2) is 0 Å². The molecule has 3 rings (SSSR count). The molecule has 0 saturated carbocycles. The van der Waals surface area contributed by atoms with E-state index < -0.39 is 0 Å².